The first kappa shape index (κ1) is 23.2. The Bertz CT molecular complexity index is 826. The van der Waals surface area contributed by atoms with Gasteiger partial charge in [-0.05, 0) is 43.4 Å². The molecule has 0 unspecified atom stereocenters. The standard InChI is InChI=1S/C21H31NO6S/c1-6-22(17-11-12-29(25,26)14-17)20(24)15(2)28-19(23)13-27-18-9-7-16(8-10-18)21(3,4)5/h7-10,15,17H,6,11-14H2,1-5H3/t15-,17-/m1/s1. The van der Waals surface area contributed by atoms with Gasteiger partial charge in [0.2, 0.25) is 0 Å². The number of benzene rings is 1. The molecule has 8 heteroatoms. The fourth-order valence-electron chi connectivity index (χ4n) is 3.32. The number of carbonyl (C=O) groups excluding carboxylic acids is 2. The molecule has 0 spiro atoms. The maximum atomic E-state index is 12.6. The summed E-state index contributed by atoms with van der Waals surface area (Å²) < 4.78 is 34.0. The highest BCUT2D eigenvalue weighted by Gasteiger charge is 2.36. The van der Waals surface area contributed by atoms with Gasteiger partial charge in [-0.3, -0.25) is 4.79 Å². The van der Waals surface area contributed by atoms with E-state index in [1.807, 2.05) is 12.1 Å². The Balaban J connectivity index is 1.87. The number of ether oxygens (including phenoxy) is 2. The minimum absolute atomic E-state index is 0.0249. The molecule has 0 saturated carbocycles. The third-order valence-corrected chi connectivity index (χ3v) is 6.76. The van der Waals surface area contributed by atoms with Crippen LogP contribution in [0.4, 0.5) is 0 Å². The Kier molecular flexibility index (Phi) is 7.32. The largest absolute Gasteiger partial charge is 0.482 e. The molecule has 0 aromatic heterocycles. The Morgan fingerprint density at radius 1 is 1.21 bits per heavy atom. The Labute approximate surface area is 173 Å². The van der Waals surface area contributed by atoms with E-state index in [2.05, 4.69) is 20.8 Å². The average molecular weight is 426 g/mol. The molecule has 1 fully saturated rings. The van der Waals surface area contributed by atoms with Crippen molar-refractivity contribution in [2.75, 3.05) is 24.7 Å². The van der Waals surface area contributed by atoms with Crippen LogP contribution in [0.2, 0.25) is 0 Å². The second-order valence-electron chi connectivity index (χ2n) is 8.38. The van der Waals surface area contributed by atoms with Crippen LogP contribution in [-0.4, -0.2) is 62.0 Å². The van der Waals surface area contributed by atoms with Crippen LogP contribution in [0.15, 0.2) is 24.3 Å². The Morgan fingerprint density at radius 3 is 2.31 bits per heavy atom. The lowest BCUT2D eigenvalue weighted by Gasteiger charge is -2.29. The molecular formula is C21H31NO6S. The van der Waals surface area contributed by atoms with Crippen molar-refractivity contribution in [3.63, 3.8) is 0 Å². The Morgan fingerprint density at radius 2 is 1.83 bits per heavy atom. The summed E-state index contributed by atoms with van der Waals surface area (Å²) in [4.78, 5) is 26.2. The lowest BCUT2D eigenvalue weighted by Crippen LogP contribution is -2.46. The minimum atomic E-state index is -3.11. The van der Waals surface area contributed by atoms with Crippen LogP contribution < -0.4 is 4.74 Å². The number of likely N-dealkylation sites (N-methyl/N-ethyl adjacent to an activating group) is 1. The van der Waals surface area contributed by atoms with E-state index in [0.717, 1.165) is 5.56 Å². The maximum Gasteiger partial charge on any atom is 0.344 e. The van der Waals surface area contributed by atoms with Crippen molar-refractivity contribution in [2.45, 2.75) is 58.6 Å². The molecule has 29 heavy (non-hydrogen) atoms. The SMILES string of the molecule is CCN(C(=O)[C@@H](C)OC(=O)COc1ccc(C(C)(C)C)cc1)[C@@H]1CCS(=O)(=O)C1. The minimum Gasteiger partial charge on any atom is -0.482 e. The van der Waals surface area contributed by atoms with Crippen LogP contribution in [0.3, 0.4) is 0 Å². The average Bonchev–Trinajstić information content (AvgIpc) is 2.99. The molecule has 0 aliphatic carbocycles. The fraction of sp³-hybridized carbons (Fsp3) is 0.619. The highest BCUT2D eigenvalue weighted by Crippen LogP contribution is 2.24. The van der Waals surface area contributed by atoms with E-state index in [4.69, 9.17) is 9.47 Å². The number of rotatable bonds is 7. The molecule has 1 heterocycles. The van der Waals surface area contributed by atoms with Gasteiger partial charge in [0.05, 0.1) is 11.5 Å². The van der Waals surface area contributed by atoms with Gasteiger partial charge in [-0.2, -0.15) is 0 Å². The van der Waals surface area contributed by atoms with E-state index >= 15 is 0 Å². The van der Waals surface area contributed by atoms with E-state index in [0.29, 0.717) is 18.7 Å². The predicted molar refractivity (Wildman–Crippen MR) is 111 cm³/mol. The third-order valence-electron chi connectivity index (χ3n) is 5.01. The molecule has 1 aromatic rings. The number of hydrogen-bond acceptors (Lipinski definition) is 6. The molecule has 0 radical (unpaired) electrons. The predicted octanol–water partition coefficient (Wildman–Crippen LogP) is 2.33. The lowest BCUT2D eigenvalue weighted by molar-refractivity contribution is -0.161. The van der Waals surface area contributed by atoms with Crippen molar-refractivity contribution in [3.05, 3.63) is 29.8 Å². The summed E-state index contributed by atoms with van der Waals surface area (Å²) >= 11 is 0. The van der Waals surface area contributed by atoms with Gasteiger partial charge in [-0.25, -0.2) is 13.2 Å². The molecule has 1 aliphatic rings. The summed E-state index contributed by atoms with van der Waals surface area (Å²) in [5, 5.41) is 0. The number of esters is 1. The summed E-state index contributed by atoms with van der Waals surface area (Å²) in [6.45, 7) is 9.65. The van der Waals surface area contributed by atoms with Crippen molar-refractivity contribution in [3.8, 4) is 5.75 Å². The maximum absolute atomic E-state index is 12.6. The molecule has 1 saturated heterocycles. The monoisotopic (exact) mass is 425 g/mol. The number of sulfone groups is 1. The molecule has 0 bridgehead atoms. The van der Waals surface area contributed by atoms with E-state index in [1.165, 1.54) is 11.8 Å². The summed E-state index contributed by atoms with van der Waals surface area (Å²) in [6, 6.07) is 7.11. The highest BCUT2D eigenvalue weighted by molar-refractivity contribution is 7.91. The van der Waals surface area contributed by atoms with E-state index in [-0.39, 0.29) is 29.6 Å². The van der Waals surface area contributed by atoms with Gasteiger partial charge >= 0.3 is 5.97 Å². The molecule has 162 valence electrons. The summed E-state index contributed by atoms with van der Waals surface area (Å²) in [7, 11) is -3.11. The zero-order valence-corrected chi connectivity index (χ0v) is 18.6. The number of hydrogen-bond donors (Lipinski definition) is 0. The van der Waals surface area contributed by atoms with Crippen molar-refractivity contribution < 1.29 is 27.5 Å². The van der Waals surface area contributed by atoms with Gasteiger partial charge in [-0.15, -0.1) is 0 Å². The first-order valence-electron chi connectivity index (χ1n) is 9.86. The van der Waals surface area contributed by atoms with Crippen LogP contribution in [-0.2, 0) is 29.6 Å². The van der Waals surface area contributed by atoms with Crippen molar-refractivity contribution >= 4 is 21.7 Å². The van der Waals surface area contributed by atoms with Crippen molar-refractivity contribution in [1.29, 1.82) is 0 Å². The number of nitrogens with zero attached hydrogens (tertiary/aromatic N) is 1. The second-order valence-corrected chi connectivity index (χ2v) is 10.6. The van der Waals surface area contributed by atoms with Gasteiger partial charge in [-0.1, -0.05) is 32.9 Å². The number of carbonyl (C=O) groups is 2. The van der Waals surface area contributed by atoms with Gasteiger partial charge < -0.3 is 14.4 Å². The molecular weight excluding hydrogens is 394 g/mol. The first-order valence-corrected chi connectivity index (χ1v) is 11.7. The highest BCUT2D eigenvalue weighted by atomic mass is 32.2. The molecule has 1 amide bonds. The zero-order chi connectivity index (χ0) is 21.8. The molecule has 7 nitrogen and oxygen atoms in total. The van der Waals surface area contributed by atoms with Crippen LogP contribution >= 0.6 is 0 Å². The molecule has 1 aliphatic heterocycles. The van der Waals surface area contributed by atoms with Gasteiger partial charge in [0.1, 0.15) is 5.75 Å². The first-order chi connectivity index (χ1) is 13.4. The summed E-state index contributed by atoms with van der Waals surface area (Å²) in [5.41, 5.74) is 1.18. The molecule has 2 atom stereocenters. The van der Waals surface area contributed by atoms with Crippen LogP contribution in [0, 0.1) is 0 Å². The summed E-state index contributed by atoms with van der Waals surface area (Å²) in [5.74, 6) is -0.461. The van der Waals surface area contributed by atoms with Gasteiger partial charge in [0, 0.05) is 12.6 Å². The third kappa shape index (κ3) is 6.45. The van der Waals surface area contributed by atoms with Crippen LogP contribution in [0.25, 0.3) is 0 Å². The zero-order valence-electron chi connectivity index (χ0n) is 17.8. The van der Waals surface area contributed by atoms with Crippen molar-refractivity contribution in [1.82, 2.24) is 4.90 Å². The van der Waals surface area contributed by atoms with Gasteiger partial charge in [0.25, 0.3) is 5.91 Å². The van der Waals surface area contributed by atoms with Crippen LogP contribution in [0.5, 0.6) is 5.75 Å². The van der Waals surface area contributed by atoms with Gasteiger partial charge in [0.15, 0.2) is 22.5 Å². The fourth-order valence-corrected chi connectivity index (χ4v) is 5.05. The smallest absolute Gasteiger partial charge is 0.344 e. The van der Waals surface area contributed by atoms with E-state index in [9.17, 15) is 18.0 Å². The molecule has 1 aromatic carbocycles. The second kappa shape index (κ2) is 9.15. The number of amides is 1. The lowest BCUT2D eigenvalue weighted by atomic mass is 9.87. The topological polar surface area (TPSA) is 90.0 Å². The summed E-state index contributed by atoms with van der Waals surface area (Å²) in [6.07, 6.45) is -0.589. The quantitative estimate of drug-likeness (QED) is 0.623. The Hall–Kier alpha value is -2.09. The van der Waals surface area contributed by atoms with E-state index in [1.54, 1.807) is 19.1 Å². The normalized spacial score (nSPS) is 19.4. The van der Waals surface area contributed by atoms with Crippen molar-refractivity contribution in [2.24, 2.45) is 0 Å². The van der Waals surface area contributed by atoms with E-state index < -0.39 is 27.8 Å². The van der Waals surface area contributed by atoms with Crippen LogP contribution in [0.1, 0.15) is 46.6 Å². The molecule has 0 N–H and O–H groups in total. The molecule has 2 rings (SSSR count).